The van der Waals surface area contributed by atoms with Gasteiger partial charge in [0.15, 0.2) is 9.84 Å². The van der Waals surface area contributed by atoms with E-state index < -0.39 is 9.84 Å². The monoisotopic (exact) mass is 430 g/mol. The van der Waals surface area contributed by atoms with Gasteiger partial charge in [-0.1, -0.05) is 12.1 Å². The lowest BCUT2D eigenvalue weighted by Gasteiger charge is -2.29. The summed E-state index contributed by atoms with van der Waals surface area (Å²) in [6.07, 6.45) is 0.474. The first-order chi connectivity index (χ1) is 14.4. The van der Waals surface area contributed by atoms with E-state index in [0.29, 0.717) is 24.3 Å². The van der Waals surface area contributed by atoms with Crippen LogP contribution in [0.5, 0.6) is 5.75 Å². The third-order valence-electron chi connectivity index (χ3n) is 5.66. The molecule has 1 heterocycles. The number of hydrogen-bond acceptors (Lipinski definition) is 5. The molecular formula is C23H30N2O4S. The van der Waals surface area contributed by atoms with Crippen LogP contribution in [0, 0.1) is 0 Å². The number of benzene rings is 2. The van der Waals surface area contributed by atoms with E-state index >= 15 is 0 Å². The molecule has 2 aromatic carbocycles. The van der Waals surface area contributed by atoms with Crippen molar-refractivity contribution in [2.75, 3.05) is 36.6 Å². The van der Waals surface area contributed by atoms with Crippen LogP contribution in [0.15, 0.2) is 48.5 Å². The van der Waals surface area contributed by atoms with E-state index in [1.54, 1.807) is 36.3 Å². The third-order valence-corrected chi connectivity index (χ3v) is 7.42. The number of nitrogens with zero attached hydrogens (tertiary/aromatic N) is 2. The summed E-state index contributed by atoms with van der Waals surface area (Å²) < 4.78 is 29.3. The number of sulfone groups is 1. The molecule has 1 atom stereocenters. The van der Waals surface area contributed by atoms with Crippen molar-refractivity contribution < 1.29 is 17.9 Å². The van der Waals surface area contributed by atoms with Gasteiger partial charge in [0, 0.05) is 36.9 Å². The smallest absolute Gasteiger partial charge is 0.254 e. The van der Waals surface area contributed by atoms with E-state index in [4.69, 9.17) is 4.74 Å². The highest BCUT2D eigenvalue weighted by atomic mass is 32.2. The maximum Gasteiger partial charge on any atom is 0.254 e. The number of hydrogen-bond donors (Lipinski definition) is 0. The van der Waals surface area contributed by atoms with Gasteiger partial charge in [-0.15, -0.1) is 0 Å². The Hall–Kier alpha value is -2.54. The molecule has 162 valence electrons. The van der Waals surface area contributed by atoms with Crippen molar-refractivity contribution in [1.29, 1.82) is 0 Å². The Balaban J connectivity index is 1.85. The normalized spacial score (nSPS) is 17.5. The first-order valence-electron chi connectivity index (χ1n) is 10.4. The number of anilines is 1. The Bertz CT molecular complexity index is 952. The van der Waals surface area contributed by atoms with Crippen LogP contribution in [-0.4, -0.2) is 57.0 Å². The topological polar surface area (TPSA) is 66.9 Å². The molecule has 1 aliphatic rings. The molecule has 0 spiro atoms. The lowest BCUT2D eigenvalue weighted by atomic mass is 10.1. The van der Waals surface area contributed by atoms with Crippen LogP contribution in [0.1, 0.15) is 36.2 Å². The van der Waals surface area contributed by atoms with Crippen molar-refractivity contribution in [1.82, 2.24) is 4.90 Å². The molecule has 0 N–H and O–H groups in total. The fraction of sp³-hybridized carbons (Fsp3) is 0.435. The van der Waals surface area contributed by atoms with Crippen LogP contribution in [-0.2, 0) is 16.4 Å². The predicted octanol–water partition coefficient (Wildman–Crippen LogP) is 3.37. The lowest BCUT2D eigenvalue weighted by Crippen LogP contribution is -2.40. The van der Waals surface area contributed by atoms with Gasteiger partial charge in [0.05, 0.1) is 18.6 Å². The van der Waals surface area contributed by atoms with Crippen molar-refractivity contribution in [3.8, 4) is 5.75 Å². The second kappa shape index (κ2) is 9.51. The molecule has 7 heteroatoms. The third kappa shape index (κ3) is 5.14. The fourth-order valence-electron chi connectivity index (χ4n) is 3.88. The lowest BCUT2D eigenvalue weighted by molar-refractivity contribution is 0.0681. The van der Waals surface area contributed by atoms with Gasteiger partial charge in [0.1, 0.15) is 5.75 Å². The number of methoxy groups -OCH3 is 1. The van der Waals surface area contributed by atoms with E-state index in [0.717, 1.165) is 24.3 Å². The first-order valence-corrected chi connectivity index (χ1v) is 12.2. The fourth-order valence-corrected chi connectivity index (χ4v) is 5.62. The van der Waals surface area contributed by atoms with Gasteiger partial charge in [-0.25, -0.2) is 8.42 Å². The van der Waals surface area contributed by atoms with E-state index in [9.17, 15) is 13.2 Å². The molecule has 2 aromatic rings. The minimum absolute atomic E-state index is 0.0203. The van der Waals surface area contributed by atoms with Crippen LogP contribution >= 0.6 is 0 Å². The Morgan fingerprint density at radius 2 is 1.67 bits per heavy atom. The van der Waals surface area contributed by atoms with Gasteiger partial charge in [-0.3, -0.25) is 4.79 Å². The van der Waals surface area contributed by atoms with Gasteiger partial charge in [-0.2, -0.15) is 0 Å². The zero-order valence-electron chi connectivity index (χ0n) is 17.9. The molecule has 0 unspecified atom stereocenters. The van der Waals surface area contributed by atoms with Crippen LogP contribution < -0.4 is 9.64 Å². The predicted molar refractivity (Wildman–Crippen MR) is 120 cm³/mol. The highest BCUT2D eigenvalue weighted by Gasteiger charge is 2.35. The Kier molecular flexibility index (Phi) is 7.02. The highest BCUT2D eigenvalue weighted by Crippen LogP contribution is 2.24. The summed E-state index contributed by atoms with van der Waals surface area (Å²) in [5.74, 6) is 0.665. The van der Waals surface area contributed by atoms with Gasteiger partial charge in [0.25, 0.3) is 5.91 Å². The maximum absolute atomic E-state index is 13.3. The summed E-state index contributed by atoms with van der Waals surface area (Å²) in [5, 5.41) is 0. The average molecular weight is 431 g/mol. The number of amides is 1. The van der Waals surface area contributed by atoms with Crippen molar-refractivity contribution in [2.45, 2.75) is 32.9 Å². The number of carbonyl (C=O) groups is 1. The summed E-state index contributed by atoms with van der Waals surface area (Å²) in [4.78, 5) is 17.3. The summed E-state index contributed by atoms with van der Waals surface area (Å²) >= 11 is 0. The molecule has 1 amide bonds. The minimum atomic E-state index is -3.10. The minimum Gasteiger partial charge on any atom is -0.497 e. The standard InChI is InChI=1S/C23H30N2O4S/c1-4-24(5-2)20-10-6-18(7-11-20)16-25(21-14-15-30(27,28)17-21)23(26)19-8-12-22(29-3)13-9-19/h6-13,21H,4-5,14-17H2,1-3H3/t21-/m0/s1. The first kappa shape index (κ1) is 22.2. The van der Waals surface area contributed by atoms with Crippen molar-refractivity contribution in [3.05, 3.63) is 59.7 Å². The summed E-state index contributed by atoms with van der Waals surface area (Å²) in [6.45, 7) is 6.47. The second-order valence-corrected chi connectivity index (χ2v) is 9.79. The summed E-state index contributed by atoms with van der Waals surface area (Å²) in [5.41, 5.74) is 2.65. The van der Waals surface area contributed by atoms with E-state index in [1.165, 1.54) is 0 Å². The molecule has 0 saturated carbocycles. The SMILES string of the molecule is CCN(CC)c1ccc(CN(C(=O)c2ccc(OC)cc2)[C@H]2CCS(=O)(=O)C2)cc1. The zero-order valence-corrected chi connectivity index (χ0v) is 18.7. The van der Waals surface area contributed by atoms with Crippen LogP contribution in [0.4, 0.5) is 5.69 Å². The molecule has 3 rings (SSSR count). The zero-order chi connectivity index (χ0) is 21.7. The van der Waals surface area contributed by atoms with Gasteiger partial charge >= 0.3 is 0 Å². The largest absolute Gasteiger partial charge is 0.497 e. The molecule has 0 radical (unpaired) electrons. The Labute approximate surface area is 179 Å². The molecule has 0 bridgehead atoms. The highest BCUT2D eigenvalue weighted by molar-refractivity contribution is 7.91. The Morgan fingerprint density at radius 1 is 1.03 bits per heavy atom. The van der Waals surface area contributed by atoms with Gasteiger partial charge in [-0.05, 0) is 62.2 Å². The summed E-state index contributed by atoms with van der Waals surface area (Å²) in [7, 11) is -1.53. The summed E-state index contributed by atoms with van der Waals surface area (Å²) in [6, 6.07) is 14.8. The number of carbonyl (C=O) groups excluding carboxylic acids is 1. The van der Waals surface area contributed by atoms with Gasteiger partial charge in [0.2, 0.25) is 0 Å². The molecule has 6 nitrogen and oxygen atoms in total. The number of ether oxygens (including phenoxy) is 1. The van der Waals surface area contributed by atoms with Crippen molar-refractivity contribution >= 4 is 21.4 Å². The maximum atomic E-state index is 13.3. The Morgan fingerprint density at radius 3 is 2.17 bits per heavy atom. The molecule has 0 aliphatic carbocycles. The van der Waals surface area contributed by atoms with E-state index in [2.05, 4.69) is 30.9 Å². The van der Waals surface area contributed by atoms with Crippen LogP contribution in [0.25, 0.3) is 0 Å². The molecular weight excluding hydrogens is 400 g/mol. The molecule has 1 fully saturated rings. The van der Waals surface area contributed by atoms with Gasteiger partial charge < -0.3 is 14.5 Å². The second-order valence-electron chi connectivity index (χ2n) is 7.56. The quantitative estimate of drug-likeness (QED) is 0.642. The van der Waals surface area contributed by atoms with E-state index in [1.807, 2.05) is 12.1 Å². The average Bonchev–Trinajstić information content (AvgIpc) is 3.13. The van der Waals surface area contributed by atoms with Crippen molar-refractivity contribution in [3.63, 3.8) is 0 Å². The van der Waals surface area contributed by atoms with Crippen molar-refractivity contribution in [2.24, 2.45) is 0 Å². The molecule has 0 aromatic heterocycles. The van der Waals surface area contributed by atoms with Crippen LogP contribution in [0.3, 0.4) is 0 Å². The molecule has 30 heavy (non-hydrogen) atoms. The molecule has 1 saturated heterocycles. The van der Waals surface area contributed by atoms with E-state index in [-0.39, 0.29) is 23.5 Å². The molecule has 1 aliphatic heterocycles. The number of rotatable bonds is 8. The van der Waals surface area contributed by atoms with Crippen LogP contribution in [0.2, 0.25) is 0 Å².